The normalized spacial score (nSPS) is 13.4. The van der Waals surface area contributed by atoms with E-state index in [9.17, 15) is 4.79 Å². The van der Waals surface area contributed by atoms with Crippen LogP contribution in [-0.4, -0.2) is 37.4 Å². The van der Waals surface area contributed by atoms with E-state index in [4.69, 9.17) is 14.2 Å². The molecule has 2 N–H and O–H groups in total. The van der Waals surface area contributed by atoms with Crippen LogP contribution in [0.15, 0.2) is 23.2 Å². The van der Waals surface area contributed by atoms with E-state index in [0.717, 1.165) is 22.1 Å². The smallest absolute Gasteiger partial charge is 0.350 e. The average molecular weight is 532 g/mol. The Labute approximate surface area is 191 Å². The summed E-state index contributed by atoms with van der Waals surface area (Å²) in [6.07, 6.45) is 0. The number of nitrogens with zero attached hydrogens (tertiary/aromatic N) is 2. The number of hydrogen-bond donors (Lipinski definition) is 2. The third-order valence-electron chi connectivity index (χ3n) is 4.12. The summed E-state index contributed by atoms with van der Waals surface area (Å²) in [7, 11) is 1.71. The van der Waals surface area contributed by atoms with Gasteiger partial charge in [-0.25, -0.2) is 9.78 Å². The summed E-state index contributed by atoms with van der Waals surface area (Å²) in [4.78, 5) is 21.3. The van der Waals surface area contributed by atoms with Gasteiger partial charge in [0.25, 0.3) is 0 Å². The number of aryl methyl sites for hydroxylation is 1. The summed E-state index contributed by atoms with van der Waals surface area (Å²) in [6, 6.07) is 5.71. The zero-order chi connectivity index (χ0) is 20.1. The highest BCUT2D eigenvalue weighted by molar-refractivity contribution is 14.0. The second-order valence-electron chi connectivity index (χ2n) is 6.17. The molecule has 1 atom stereocenters. The third-order valence-corrected chi connectivity index (χ3v) is 5.44. The van der Waals surface area contributed by atoms with Crippen LogP contribution >= 0.6 is 35.3 Å². The van der Waals surface area contributed by atoms with E-state index in [-0.39, 0.29) is 42.8 Å². The fourth-order valence-electron chi connectivity index (χ4n) is 2.69. The number of aromatic nitrogens is 1. The molecule has 3 rings (SSSR count). The van der Waals surface area contributed by atoms with Crippen LogP contribution in [0.25, 0.3) is 0 Å². The van der Waals surface area contributed by atoms with Gasteiger partial charge >= 0.3 is 5.97 Å². The minimum atomic E-state index is -0.332. The number of ether oxygens (including phenoxy) is 3. The van der Waals surface area contributed by atoms with E-state index >= 15 is 0 Å². The standard InChI is InChI=1S/C19H24N4O4S.HI/c1-5-25-18(24)16-11(2)22-17(28-16)12(3)23-19(20-4)21-9-13-6-7-14-15(8-13)27-10-26-14;/h6-8,12H,5,9-10H2,1-4H3,(H2,20,21,23);1H. The van der Waals surface area contributed by atoms with Gasteiger partial charge in [-0.3, -0.25) is 4.99 Å². The van der Waals surface area contributed by atoms with Gasteiger partial charge in [-0.2, -0.15) is 0 Å². The monoisotopic (exact) mass is 532 g/mol. The number of esters is 1. The molecular formula is C19H25IN4O4S. The molecule has 0 fully saturated rings. The predicted octanol–water partition coefficient (Wildman–Crippen LogP) is 3.40. The SMILES string of the molecule is CCOC(=O)c1sc(C(C)NC(=NC)NCc2ccc3c(c2)OCO3)nc1C.I. The van der Waals surface area contributed by atoms with Gasteiger partial charge < -0.3 is 24.8 Å². The lowest BCUT2D eigenvalue weighted by molar-refractivity contribution is 0.0531. The Bertz CT molecular complexity index is 887. The van der Waals surface area contributed by atoms with Crippen LogP contribution in [-0.2, 0) is 11.3 Å². The first kappa shape index (κ1) is 23.2. The minimum absolute atomic E-state index is 0. The fraction of sp³-hybridized carbons (Fsp3) is 0.421. The van der Waals surface area contributed by atoms with E-state index in [2.05, 4.69) is 20.6 Å². The Morgan fingerprint density at radius 2 is 2.14 bits per heavy atom. The van der Waals surface area contributed by atoms with Crippen molar-refractivity contribution in [3.63, 3.8) is 0 Å². The lowest BCUT2D eigenvalue weighted by atomic mass is 10.2. The highest BCUT2D eigenvalue weighted by Gasteiger charge is 2.20. The number of guanidine groups is 1. The zero-order valence-corrected chi connectivity index (χ0v) is 19.9. The van der Waals surface area contributed by atoms with Crippen LogP contribution < -0.4 is 20.1 Å². The average Bonchev–Trinajstić information content (AvgIpc) is 3.31. The summed E-state index contributed by atoms with van der Waals surface area (Å²) in [6.45, 7) is 6.75. The number of fused-ring (bicyclic) bond motifs is 1. The maximum Gasteiger partial charge on any atom is 0.350 e. The number of hydrogen-bond acceptors (Lipinski definition) is 7. The van der Waals surface area contributed by atoms with Gasteiger partial charge in [0.05, 0.1) is 18.3 Å². The van der Waals surface area contributed by atoms with Crippen molar-refractivity contribution in [1.29, 1.82) is 0 Å². The van der Waals surface area contributed by atoms with Crippen molar-refractivity contribution in [3.8, 4) is 11.5 Å². The summed E-state index contributed by atoms with van der Waals surface area (Å²) in [5, 5.41) is 7.36. The topological polar surface area (TPSA) is 94.1 Å². The molecular weight excluding hydrogens is 507 g/mol. The van der Waals surface area contributed by atoms with Crippen molar-refractivity contribution in [2.24, 2.45) is 4.99 Å². The number of halogens is 1. The molecule has 1 aliphatic heterocycles. The molecule has 1 aliphatic rings. The third kappa shape index (κ3) is 5.72. The van der Waals surface area contributed by atoms with Crippen molar-refractivity contribution >= 4 is 47.2 Å². The molecule has 10 heteroatoms. The second kappa shape index (κ2) is 10.6. The lowest BCUT2D eigenvalue weighted by Gasteiger charge is -2.16. The molecule has 1 aromatic carbocycles. The molecule has 0 radical (unpaired) electrons. The van der Waals surface area contributed by atoms with Crippen LogP contribution in [0.5, 0.6) is 11.5 Å². The summed E-state index contributed by atoms with van der Waals surface area (Å²) < 4.78 is 15.8. The zero-order valence-electron chi connectivity index (χ0n) is 16.8. The first-order valence-corrected chi connectivity index (χ1v) is 9.83. The highest BCUT2D eigenvalue weighted by Crippen LogP contribution is 2.32. The van der Waals surface area contributed by atoms with Crippen molar-refractivity contribution in [2.45, 2.75) is 33.4 Å². The van der Waals surface area contributed by atoms with Crippen molar-refractivity contribution in [2.75, 3.05) is 20.4 Å². The Morgan fingerprint density at radius 1 is 1.38 bits per heavy atom. The quantitative estimate of drug-likeness (QED) is 0.255. The molecule has 0 aliphatic carbocycles. The Hall–Kier alpha value is -2.08. The molecule has 0 saturated carbocycles. The number of carbonyl (C=O) groups is 1. The molecule has 0 amide bonds. The summed E-state index contributed by atoms with van der Waals surface area (Å²) in [5.74, 6) is 1.81. The van der Waals surface area contributed by atoms with Gasteiger partial charge in [-0.15, -0.1) is 35.3 Å². The van der Waals surface area contributed by atoms with Crippen LogP contribution in [0.3, 0.4) is 0 Å². The molecule has 0 bridgehead atoms. The van der Waals surface area contributed by atoms with Crippen molar-refractivity contribution in [1.82, 2.24) is 15.6 Å². The van der Waals surface area contributed by atoms with Crippen molar-refractivity contribution < 1.29 is 19.0 Å². The molecule has 2 heterocycles. The Morgan fingerprint density at radius 3 is 2.86 bits per heavy atom. The van der Waals surface area contributed by atoms with Crippen LogP contribution in [0.2, 0.25) is 0 Å². The minimum Gasteiger partial charge on any atom is -0.462 e. The Balaban J connectivity index is 0.00000300. The molecule has 0 spiro atoms. The first-order valence-electron chi connectivity index (χ1n) is 9.02. The molecule has 1 aromatic heterocycles. The van der Waals surface area contributed by atoms with Crippen LogP contribution in [0, 0.1) is 6.92 Å². The number of thiazole rings is 1. The number of benzene rings is 1. The Kier molecular flexibility index (Phi) is 8.50. The van der Waals surface area contributed by atoms with E-state index in [1.165, 1.54) is 11.3 Å². The van der Waals surface area contributed by atoms with Gasteiger partial charge in [0.15, 0.2) is 17.5 Å². The predicted molar refractivity (Wildman–Crippen MR) is 123 cm³/mol. The molecule has 1 unspecified atom stereocenters. The van der Waals surface area contributed by atoms with Crippen LogP contribution in [0.4, 0.5) is 0 Å². The van der Waals surface area contributed by atoms with Gasteiger partial charge in [0.2, 0.25) is 6.79 Å². The fourth-order valence-corrected chi connectivity index (χ4v) is 3.65. The van der Waals surface area contributed by atoms with Crippen LogP contribution in [0.1, 0.15) is 45.8 Å². The number of carbonyl (C=O) groups excluding carboxylic acids is 1. The number of rotatable bonds is 6. The molecule has 29 heavy (non-hydrogen) atoms. The summed E-state index contributed by atoms with van der Waals surface area (Å²) in [5.41, 5.74) is 1.73. The van der Waals surface area contributed by atoms with E-state index in [1.807, 2.05) is 32.0 Å². The van der Waals surface area contributed by atoms with Crippen molar-refractivity contribution in [3.05, 3.63) is 39.3 Å². The van der Waals surface area contributed by atoms with E-state index in [1.54, 1.807) is 14.0 Å². The van der Waals surface area contributed by atoms with Gasteiger partial charge in [0, 0.05) is 13.6 Å². The van der Waals surface area contributed by atoms with Gasteiger partial charge in [0.1, 0.15) is 9.88 Å². The lowest BCUT2D eigenvalue weighted by Crippen LogP contribution is -2.38. The molecule has 2 aromatic rings. The molecule has 0 saturated heterocycles. The molecule has 158 valence electrons. The maximum atomic E-state index is 12.0. The maximum absolute atomic E-state index is 12.0. The summed E-state index contributed by atoms with van der Waals surface area (Å²) >= 11 is 1.33. The first-order chi connectivity index (χ1) is 13.5. The second-order valence-corrected chi connectivity index (χ2v) is 7.20. The van der Waals surface area contributed by atoms with E-state index < -0.39 is 0 Å². The largest absolute Gasteiger partial charge is 0.462 e. The van der Waals surface area contributed by atoms with Gasteiger partial charge in [-0.05, 0) is 38.5 Å². The highest BCUT2D eigenvalue weighted by atomic mass is 127. The molecule has 8 nitrogen and oxygen atoms in total. The van der Waals surface area contributed by atoms with Gasteiger partial charge in [-0.1, -0.05) is 6.07 Å². The number of aliphatic imine (C=N–C) groups is 1. The number of nitrogens with one attached hydrogen (secondary N) is 2. The van der Waals surface area contributed by atoms with E-state index in [0.29, 0.717) is 29.7 Å².